The second-order valence-corrected chi connectivity index (χ2v) is 6.82. The highest BCUT2D eigenvalue weighted by molar-refractivity contribution is 9.10. The molecule has 0 spiro atoms. The molecule has 0 heterocycles. The van der Waals surface area contributed by atoms with Gasteiger partial charge < -0.3 is 15.4 Å². The summed E-state index contributed by atoms with van der Waals surface area (Å²) in [5.41, 5.74) is 2.17. The maximum absolute atomic E-state index is 11.9. The molecule has 2 aromatic carbocycles. The van der Waals surface area contributed by atoms with Crippen molar-refractivity contribution in [3.63, 3.8) is 0 Å². The highest BCUT2D eigenvalue weighted by atomic mass is 79.9. The Hall–Kier alpha value is -2.34. The van der Waals surface area contributed by atoms with E-state index in [1.807, 2.05) is 55.5 Å². The molecule has 0 bridgehead atoms. The first-order valence-corrected chi connectivity index (χ1v) is 9.34. The van der Waals surface area contributed by atoms with Gasteiger partial charge in [0.2, 0.25) is 5.91 Å². The fraction of sp³-hybridized carbons (Fsp3) is 0.300. The Morgan fingerprint density at radius 1 is 1.04 bits per heavy atom. The summed E-state index contributed by atoms with van der Waals surface area (Å²) in [5.74, 6) is 0.0734. The van der Waals surface area contributed by atoms with Crippen molar-refractivity contribution in [1.82, 2.24) is 10.6 Å². The third-order valence-electron chi connectivity index (χ3n) is 3.72. The highest BCUT2D eigenvalue weighted by Gasteiger charge is 2.15. The molecule has 2 rings (SSSR count). The summed E-state index contributed by atoms with van der Waals surface area (Å²) < 4.78 is 6.52. The summed E-state index contributed by atoms with van der Waals surface area (Å²) in [6, 6.07) is 15.0. The maximum Gasteiger partial charge on any atom is 0.258 e. The Labute approximate surface area is 162 Å². The number of halogens is 1. The van der Waals surface area contributed by atoms with E-state index in [0.717, 1.165) is 22.0 Å². The molecular weight excluding hydrogens is 396 g/mol. The number of nitrogens with one attached hydrogen (secondary N) is 2. The van der Waals surface area contributed by atoms with Gasteiger partial charge in [-0.3, -0.25) is 9.59 Å². The number of hydrogen-bond acceptors (Lipinski definition) is 3. The summed E-state index contributed by atoms with van der Waals surface area (Å²) >= 11 is 3.42. The molecular formula is C20H23BrN2O3. The number of carbonyl (C=O) groups is 2. The predicted octanol–water partition coefficient (Wildman–Crippen LogP) is 3.53. The molecule has 2 N–H and O–H groups in total. The standard InChI is InChI=1S/C20H23BrN2O3/c1-3-12-22-20(25)14(2)23-19(24)13-26-18-10-6-16(7-11-18)15-4-8-17(21)9-5-15/h4-11,14H,3,12-13H2,1-2H3,(H,22,25)(H,23,24)/t14-/m1/s1. The van der Waals surface area contributed by atoms with Crippen molar-refractivity contribution < 1.29 is 14.3 Å². The molecule has 0 unspecified atom stereocenters. The van der Waals surface area contributed by atoms with Crippen molar-refractivity contribution in [2.45, 2.75) is 26.3 Å². The minimum Gasteiger partial charge on any atom is -0.484 e. The zero-order valence-electron chi connectivity index (χ0n) is 14.9. The van der Waals surface area contributed by atoms with E-state index in [1.165, 1.54) is 0 Å². The first-order chi connectivity index (χ1) is 12.5. The molecule has 5 nitrogen and oxygen atoms in total. The lowest BCUT2D eigenvalue weighted by atomic mass is 10.1. The minimum absolute atomic E-state index is 0.136. The van der Waals surface area contributed by atoms with Crippen molar-refractivity contribution in [2.75, 3.05) is 13.2 Å². The third-order valence-corrected chi connectivity index (χ3v) is 4.25. The van der Waals surface area contributed by atoms with Gasteiger partial charge >= 0.3 is 0 Å². The lowest BCUT2D eigenvalue weighted by Gasteiger charge is -2.14. The van der Waals surface area contributed by atoms with Gasteiger partial charge in [-0.2, -0.15) is 0 Å². The average Bonchev–Trinajstić information content (AvgIpc) is 2.65. The van der Waals surface area contributed by atoms with E-state index in [1.54, 1.807) is 6.92 Å². The molecule has 0 aromatic heterocycles. The van der Waals surface area contributed by atoms with E-state index in [2.05, 4.69) is 26.6 Å². The van der Waals surface area contributed by atoms with Crippen molar-refractivity contribution in [3.05, 3.63) is 53.0 Å². The normalized spacial score (nSPS) is 11.5. The van der Waals surface area contributed by atoms with E-state index in [-0.39, 0.29) is 18.4 Å². The summed E-state index contributed by atoms with van der Waals surface area (Å²) in [7, 11) is 0. The van der Waals surface area contributed by atoms with Gasteiger partial charge in [0.25, 0.3) is 5.91 Å². The van der Waals surface area contributed by atoms with E-state index in [0.29, 0.717) is 12.3 Å². The molecule has 0 fully saturated rings. The number of benzene rings is 2. The smallest absolute Gasteiger partial charge is 0.258 e. The SMILES string of the molecule is CCCNC(=O)[C@@H](C)NC(=O)COc1ccc(-c2ccc(Br)cc2)cc1. The molecule has 0 aliphatic rings. The van der Waals surface area contributed by atoms with Gasteiger partial charge in [0.15, 0.2) is 6.61 Å². The van der Waals surface area contributed by atoms with Crippen LogP contribution in [0.3, 0.4) is 0 Å². The van der Waals surface area contributed by atoms with Crippen LogP contribution >= 0.6 is 15.9 Å². The van der Waals surface area contributed by atoms with Crippen LogP contribution in [0.1, 0.15) is 20.3 Å². The highest BCUT2D eigenvalue weighted by Crippen LogP contribution is 2.24. The second kappa shape index (κ2) is 9.97. The molecule has 138 valence electrons. The molecule has 26 heavy (non-hydrogen) atoms. The van der Waals surface area contributed by atoms with E-state index in [4.69, 9.17) is 4.74 Å². The number of rotatable bonds is 8. The van der Waals surface area contributed by atoms with Crippen molar-refractivity contribution in [1.29, 1.82) is 0 Å². The fourth-order valence-corrected chi connectivity index (χ4v) is 2.55. The van der Waals surface area contributed by atoms with Gasteiger partial charge in [-0.25, -0.2) is 0 Å². The summed E-state index contributed by atoms with van der Waals surface area (Å²) in [5, 5.41) is 5.36. The van der Waals surface area contributed by atoms with Gasteiger partial charge in [0, 0.05) is 11.0 Å². The van der Waals surface area contributed by atoms with Crippen molar-refractivity contribution in [3.8, 4) is 16.9 Å². The predicted molar refractivity (Wildman–Crippen MR) is 106 cm³/mol. The van der Waals surface area contributed by atoms with Crippen LogP contribution in [-0.4, -0.2) is 31.0 Å². The molecule has 6 heteroatoms. The second-order valence-electron chi connectivity index (χ2n) is 5.90. The molecule has 0 aliphatic heterocycles. The third kappa shape index (κ3) is 6.19. The number of amides is 2. The van der Waals surface area contributed by atoms with E-state index in [9.17, 15) is 9.59 Å². The summed E-state index contributed by atoms with van der Waals surface area (Å²) in [6.45, 7) is 4.08. The Morgan fingerprint density at radius 3 is 2.19 bits per heavy atom. The maximum atomic E-state index is 11.9. The van der Waals surface area contributed by atoms with Crippen LogP contribution in [0.5, 0.6) is 5.75 Å². The van der Waals surface area contributed by atoms with Crippen LogP contribution in [-0.2, 0) is 9.59 Å². The number of carbonyl (C=O) groups excluding carboxylic acids is 2. The van der Waals surface area contributed by atoms with Crippen LogP contribution in [0.4, 0.5) is 0 Å². The number of ether oxygens (including phenoxy) is 1. The molecule has 1 atom stereocenters. The van der Waals surface area contributed by atoms with Crippen LogP contribution in [0, 0.1) is 0 Å². The van der Waals surface area contributed by atoms with Crippen LogP contribution in [0.25, 0.3) is 11.1 Å². The Morgan fingerprint density at radius 2 is 1.62 bits per heavy atom. The van der Waals surface area contributed by atoms with Gasteiger partial charge in [0.05, 0.1) is 0 Å². The number of hydrogen-bond donors (Lipinski definition) is 2. The van der Waals surface area contributed by atoms with Crippen LogP contribution in [0.15, 0.2) is 53.0 Å². The topological polar surface area (TPSA) is 67.4 Å². The van der Waals surface area contributed by atoms with Gasteiger partial charge in [0.1, 0.15) is 11.8 Å². The zero-order chi connectivity index (χ0) is 18.9. The molecule has 0 saturated carbocycles. The van der Waals surface area contributed by atoms with Crippen LogP contribution in [0.2, 0.25) is 0 Å². The van der Waals surface area contributed by atoms with Gasteiger partial charge in [-0.05, 0) is 48.7 Å². The summed E-state index contributed by atoms with van der Waals surface area (Å²) in [6.07, 6.45) is 0.853. The Bertz CT molecular complexity index is 730. The van der Waals surface area contributed by atoms with E-state index < -0.39 is 6.04 Å². The molecule has 2 aromatic rings. The van der Waals surface area contributed by atoms with Crippen molar-refractivity contribution >= 4 is 27.7 Å². The van der Waals surface area contributed by atoms with Crippen molar-refractivity contribution in [2.24, 2.45) is 0 Å². The fourth-order valence-electron chi connectivity index (χ4n) is 2.28. The average molecular weight is 419 g/mol. The van der Waals surface area contributed by atoms with Crippen LogP contribution < -0.4 is 15.4 Å². The molecule has 0 radical (unpaired) electrons. The summed E-state index contributed by atoms with van der Waals surface area (Å²) in [4.78, 5) is 23.6. The first-order valence-electron chi connectivity index (χ1n) is 8.55. The zero-order valence-corrected chi connectivity index (χ0v) is 16.5. The monoisotopic (exact) mass is 418 g/mol. The Kier molecular flexibility index (Phi) is 7.66. The molecule has 0 saturated heterocycles. The van der Waals surface area contributed by atoms with E-state index >= 15 is 0 Å². The first kappa shape index (κ1) is 20.0. The van der Waals surface area contributed by atoms with Gasteiger partial charge in [-0.1, -0.05) is 47.1 Å². The Balaban J connectivity index is 1.82. The molecule has 2 amide bonds. The largest absolute Gasteiger partial charge is 0.484 e. The molecule has 0 aliphatic carbocycles. The minimum atomic E-state index is -0.586. The van der Waals surface area contributed by atoms with Gasteiger partial charge in [-0.15, -0.1) is 0 Å². The quantitative estimate of drug-likeness (QED) is 0.688. The lowest BCUT2D eigenvalue weighted by molar-refractivity contribution is -0.129. The lowest BCUT2D eigenvalue weighted by Crippen LogP contribution is -2.46.